The molecule has 1 aromatic rings. The highest BCUT2D eigenvalue weighted by Gasteiger charge is 2.43. The molecule has 0 radical (unpaired) electrons. The van der Waals surface area contributed by atoms with E-state index in [0.29, 0.717) is 5.92 Å². The Labute approximate surface area is 92.7 Å². The van der Waals surface area contributed by atoms with Crippen LogP contribution < -0.4 is 4.74 Å². The first-order chi connectivity index (χ1) is 7.75. The van der Waals surface area contributed by atoms with E-state index in [1.165, 1.54) is 0 Å². The molecule has 1 saturated carbocycles. The molecule has 0 spiro atoms. The minimum atomic E-state index is -0.357. The smallest absolute Gasteiger partial charge is 0.287 e. The molecule has 0 amide bonds. The van der Waals surface area contributed by atoms with E-state index in [1.54, 1.807) is 6.08 Å². The number of ether oxygens (including phenoxy) is 1. The van der Waals surface area contributed by atoms with Gasteiger partial charge >= 0.3 is 0 Å². The SMILES string of the molecule is O=[N+]([O-])C1=Cc2ccccc2O[C@@H]1C1CC1. The maximum absolute atomic E-state index is 11.0. The van der Waals surface area contributed by atoms with Gasteiger partial charge in [0.15, 0.2) is 6.10 Å². The van der Waals surface area contributed by atoms with Crippen LogP contribution in [0.25, 0.3) is 6.08 Å². The third kappa shape index (κ3) is 1.46. The van der Waals surface area contributed by atoms with Gasteiger partial charge in [-0.3, -0.25) is 10.1 Å². The number of fused-ring (bicyclic) bond motifs is 1. The summed E-state index contributed by atoms with van der Waals surface area (Å²) in [4.78, 5) is 10.6. The summed E-state index contributed by atoms with van der Waals surface area (Å²) in [5, 5.41) is 11.0. The Morgan fingerprint density at radius 2 is 2.06 bits per heavy atom. The molecule has 0 bridgehead atoms. The van der Waals surface area contributed by atoms with Gasteiger partial charge in [-0.25, -0.2) is 0 Å². The third-order valence-corrected chi connectivity index (χ3v) is 3.03. The Morgan fingerprint density at radius 3 is 2.75 bits per heavy atom. The Kier molecular flexibility index (Phi) is 1.96. The molecule has 16 heavy (non-hydrogen) atoms. The van der Waals surface area contributed by atoms with Crippen LogP contribution in [0.15, 0.2) is 30.0 Å². The van der Waals surface area contributed by atoms with Gasteiger partial charge in [0.05, 0.1) is 4.92 Å². The lowest BCUT2D eigenvalue weighted by Crippen LogP contribution is -2.28. The standard InChI is InChI=1S/C12H11NO3/c14-13(15)10-7-9-3-1-2-4-11(9)16-12(10)8-5-6-8/h1-4,7-8,12H,5-6H2/t12-/m1/s1. The van der Waals surface area contributed by atoms with Crippen LogP contribution in [0.4, 0.5) is 0 Å². The predicted molar refractivity (Wildman–Crippen MR) is 58.6 cm³/mol. The molecule has 4 nitrogen and oxygen atoms in total. The van der Waals surface area contributed by atoms with E-state index in [2.05, 4.69) is 0 Å². The molecule has 3 rings (SSSR count). The second kappa shape index (κ2) is 3.33. The number of rotatable bonds is 2. The third-order valence-electron chi connectivity index (χ3n) is 3.03. The monoisotopic (exact) mass is 217 g/mol. The molecule has 82 valence electrons. The van der Waals surface area contributed by atoms with Crippen molar-refractivity contribution in [2.24, 2.45) is 5.92 Å². The van der Waals surface area contributed by atoms with Gasteiger partial charge in [-0.15, -0.1) is 0 Å². The van der Waals surface area contributed by atoms with Gasteiger partial charge in [0.2, 0.25) is 0 Å². The Morgan fingerprint density at radius 1 is 1.31 bits per heavy atom. The Bertz CT molecular complexity index is 477. The number of benzene rings is 1. The van der Waals surface area contributed by atoms with E-state index < -0.39 is 0 Å². The molecule has 4 heteroatoms. The average molecular weight is 217 g/mol. The first kappa shape index (κ1) is 9.39. The zero-order valence-electron chi connectivity index (χ0n) is 8.63. The number of nitro groups is 1. The largest absolute Gasteiger partial charge is 0.478 e. The molecule has 0 saturated heterocycles. The molecular weight excluding hydrogens is 206 g/mol. The molecule has 0 N–H and O–H groups in total. The summed E-state index contributed by atoms with van der Waals surface area (Å²) in [6.45, 7) is 0. The van der Waals surface area contributed by atoms with Crippen LogP contribution in [-0.2, 0) is 0 Å². The van der Waals surface area contributed by atoms with Gasteiger partial charge in [-0.1, -0.05) is 18.2 Å². The molecule has 0 unspecified atom stereocenters. The maximum atomic E-state index is 11.0. The molecule has 1 aliphatic heterocycles. The highest BCUT2D eigenvalue weighted by molar-refractivity contribution is 5.61. The first-order valence-electron chi connectivity index (χ1n) is 5.37. The number of para-hydroxylation sites is 1. The topological polar surface area (TPSA) is 52.4 Å². The molecule has 1 aliphatic carbocycles. The van der Waals surface area contributed by atoms with E-state index in [-0.39, 0.29) is 16.7 Å². The molecule has 1 aromatic carbocycles. The molecule has 1 fully saturated rings. The van der Waals surface area contributed by atoms with Crippen molar-refractivity contribution in [1.82, 2.24) is 0 Å². The lowest BCUT2D eigenvalue weighted by atomic mass is 10.0. The first-order valence-corrected chi connectivity index (χ1v) is 5.37. The average Bonchev–Trinajstić information content (AvgIpc) is 3.11. The van der Waals surface area contributed by atoms with Crippen LogP contribution in [0.5, 0.6) is 5.75 Å². The van der Waals surface area contributed by atoms with Crippen molar-refractivity contribution in [3.05, 3.63) is 45.6 Å². The summed E-state index contributed by atoms with van der Waals surface area (Å²) >= 11 is 0. The Hall–Kier alpha value is -1.84. The second-order valence-electron chi connectivity index (χ2n) is 4.24. The van der Waals surface area contributed by atoms with E-state index in [9.17, 15) is 10.1 Å². The summed E-state index contributed by atoms with van der Waals surface area (Å²) < 4.78 is 5.72. The minimum absolute atomic E-state index is 0.196. The van der Waals surface area contributed by atoms with Crippen molar-refractivity contribution in [2.75, 3.05) is 0 Å². The van der Waals surface area contributed by atoms with Crippen LogP contribution >= 0.6 is 0 Å². The summed E-state index contributed by atoms with van der Waals surface area (Å²) in [5.74, 6) is 1.08. The fourth-order valence-electron chi connectivity index (χ4n) is 2.04. The second-order valence-corrected chi connectivity index (χ2v) is 4.24. The number of hydrogen-bond acceptors (Lipinski definition) is 3. The van der Waals surface area contributed by atoms with Crippen LogP contribution in [-0.4, -0.2) is 11.0 Å². The van der Waals surface area contributed by atoms with Gasteiger partial charge < -0.3 is 4.74 Å². The van der Waals surface area contributed by atoms with Gasteiger partial charge in [0.25, 0.3) is 5.70 Å². The highest BCUT2D eigenvalue weighted by Crippen LogP contribution is 2.41. The van der Waals surface area contributed by atoms with Gasteiger partial charge in [0, 0.05) is 17.6 Å². The van der Waals surface area contributed by atoms with Crippen molar-refractivity contribution in [2.45, 2.75) is 18.9 Å². The van der Waals surface area contributed by atoms with Crippen LogP contribution in [0.1, 0.15) is 18.4 Å². The zero-order valence-corrected chi connectivity index (χ0v) is 8.63. The van der Waals surface area contributed by atoms with Gasteiger partial charge in [-0.2, -0.15) is 0 Å². The lowest BCUT2D eigenvalue weighted by Gasteiger charge is -2.21. The van der Waals surface area contributed by atoms with E-state index in [1.807, 2.05) is 24.3 Å². The summed E-state index contributed by atoms with van der Waals surface area (Å²) in [5.41, 5.74) is 0.993. The molecule has 2 aliphatic rings. The van der Waals surface area contributed by atoms with Crippen LogP contribution in [0, 0.1) is 16.0 Å². The van der Waals surface area contributed by atoms with Crippen LogP contribution in [0.3, 0.4) is 0 Å². The zero-order chi connectivity index (χ0) is 11.1. The predicted octanol–water partition coefficient (Wildman–Crippen LogP) is 2.48. The molecule has 1 heterocycles. The van der Waals surface area contributed by atoms with Crippen molar-refractivity contribution in [3.8, 4) is 5.75 Å². The van der Waals surface area contributed by atoms with E-state index in [4.69, 9.17) is 4.74 Å². The fraction of sp³-hybridized carbons (Fsp3) is 0.333. The summed E-state index contributed by atoms with van der Waals surface area (Å²) in [7, 11) is 0. The van der Waals surface area contributed by atoms with E-state index in [0.717, 1.165) is 24.2 Å². The molecule has 1 atom stereocenters. The van der Waals surface area contributed by atoms with Gasteiger partial charge in [-0.05, 0) is 18.9 Å². The molecular formula is C12H11NO3. The van der Waals surface area contributed by atoms with Crippen molar-refractivity contribution < 1.29 is 9.66 Å². The fourth-order valence-corrected chi connectivity index (χ4v) is 2.04. The van der Waals surface area contributed by atoms with Gasteiger partial charge in [0.1, 0.15) is 5.75 Å². The highest BCUT2D eigenvalue weighted by atomic mass is 16.6. The van der Waals surface area contributed by atoms with Crippen molar-refractivity contribution >= 4 is 6.08 Å². The summed E-state index contributed by atoms with van der Waals surface area (Å²) in [6, 6.07) is 7.43. The number of nitrogens with zero attached hydrogens (tertiary/aromatic N) is 1. The quantitative estimate of drug-likeness (QED) is 0.564. The van der Waals surface area contributed by atoms with E-state index >= 15 is 0 Å². The minimum Gasteiger partial charge on any atom is -0.478 e. The van der Waals surface area contributed by atoms with Crippen molar-refractivity contribution in [3.63, 3.8) is 0 Å². The number of hydrogen-bond donors (Lipinski definition) is 0. The van der Waals surface area contributed by atoms with Crippen molar-refractivity contribution in [1.29, 1.82) is 0 Å². The lowest BCUT2D eigenvalue weighted by molar-refractivity contribution is -0.434. The normalized spacial score (nSPS) is 23.0. The van der Waals surface area contributed by atoms with Crippen LogP contribution in [0.2, 0.25) is 0 Å². The maximum Gasteiger partial charge on any atom is 0.287 e. The molecule has 0 aromatic heterocycles. The Balaban J connectivity index is 2.04. The summed E-state index contributed by atoms with van der Waals surface area (Å²) in [6.07, 6.45) is 3.34.